The molecule has 3 heteroatoms. The van der Waals surface area contributed by atoms with Crippen LogP contribution in [0.1, 0.15) is 33.3 Å². The molecule has 0 unspecified atom stereocenters. The van der Waals surface area contributed by atoms with E-state index in [1.165, 1.54) is 5.56 Å². The third-order valence-electron chi connectivity index (χ3n) is 3.04. The summed E-state index contributed by atoms with van der Waals surface area (Å²) in [5.41, 5.74) is 1.03. The summed E-state index contributed by atoms with van der Waals surface area (Å²) in [6.45, 7) is 9.88. The number of hydrogen-bond acceptors (Lipinski definition) is 2. The molecule has 1 N–H and O–H groups in total. The monoisotopic (exact) mass is 308 g/mol. The predicted octanol–water partition coefficient (Wildman–Crippen LogP) is 3.87. The summed E-state index contributed by atoms with van der Waals surface area (Å²) < 4.78 is 1.10. The zero-order chi connectivity index (χ0) is 13.8. The second-order valence-corrected chi connectivity index (χ2v) is 6.91. The first-order valence-corrected chi connectivity index (χ1v) is 6.94. The Kier molecular flexibility index (Phi) is 4.95. The molecule has 0 amide bonds. The average molecular weight is 309 g/mol. The van der Waals surface area contributed by atoms with Gasteiger partial charge < -0.3 is 5.32 Å². The number of hydrogen-bond donors (Lipinski definition) is 1. The largest absolute Gasteiger partial charge is 0.314 e. The van der Waals surface area contributed by atoms with Crippen LogP contribution in [-0.2, 0) is 5.41 Å². The van der Waals surface area contributed by atoms with Crippen LogP contribution in [0.5, 0.6) is 0 Å². The molecule has 0 spiro atoms. The van der Waals surface area contributed by atoms with Crippen LogP contribution in [0.3, 0.4) is 0 Å². The fraction of sp³-hybridized carbons (Fsp3) is 0.533. The van der Waals surface area contributed by atoms with Crippen molar-refractivity contribution >= 4 is 15.9 Å². The molecule has 1 rings (SSSR count). The highest BCUT2D eigenvalue weighted by Gasteiger charge is 2.22. The molecule has 0 saturated carbocycles. The first kappa shape index (κ1) is 15.2. The minimum Gasteiger partial charge on any atom is -0.314 e. The molecule has 0 aliphatic heterocycles. The molecule has 2 nitrogen and oxygen atoms in total. The van der Waals surface area contributed by atoms with Crippen molar-refractivity contribution in [2.45, 2.75) is 33.1 Å². The van der Waals surface area contributed by atoms with Gasteiger partial charge >= 0.3 is 0 Å². The van der Waals surface area contributed by atoms with Gasteiger partial charge in [-0.1, -0.05) is 41.9 Å². The van der Waals surface area contributed by atoms with Gasteiger partial charge in [-0.25, -0.2) is 0 Å². The molecule has 0 atom stereocenters. The van der Waals surface area contributed by atoms with Gasteiger partial charge in [0, 0.05) is 23.0 Å². The summed E-state index contributed by atoms with van der Waals surface area (Å²) in [4.78, 5) is 0. The highest BCUT2D eigenvalue weighted by atomic mass is 79.9. The van der Waals surface area contributed by atoms with Crippen molar-refractivity contribution in [1.82, 2.24) is 5.32 Å². The summed E-state index contributed by atoms with van der Waals surface area (Å²) in [6.07, 6.45) is 0. The Morgan fingerprint density at radius 3 is 2.44 bits per heavy atom. The standard InChI is InChI=1S/C15H21BrN2/c1-14(2,9-17)10-18-11-15(3,4)12-6-5-7-13(16)8-12/h5-8,18H,10-11H2,1-4H3. The van der Waals surface area contributed by atoms with Crippen molar-refractivity contribution < 1.29 is 0 Å². The zero-order valence-electron chi connectivity index (χ0n) is 11.5. The van der Waals surface area contributed by atoms with Crippen LogP contribution in [0.25, 0.3) is 0 Å². The Balaban J connectivity index is 2.63. The molecule has 1 aromatic rings. The minimum absolute atomic E-state index is 0.0509. The maximum Gasteiger partial charge on any atom is 0.0697 e. The fourth-order valence-electron chi connectivity index (χ4n) is 1.74. The Morgan fingerprint density at radius 2 is 1.89 bits per heavy atom. The van der Waals surface area contributed by atoms with E-state index in [0.717, 1.165) is 11.0 Å². The van der Waals surface area contributed by atoms with E-state index in [9.17, 15) is 0 Å². The van der Waals surface area contributed by atoms with E-state index >= 15 is 0 Å². The molecule has 98 valence electrons. The quantitative estimate of drug-likeness (QED) is 0.896. The topological polar surface area (TPSA) is 35.8 Å². The molecule has 0 aliphatic rings. The number of halogens is 1. The van der Waals surface area contributed by atoms with Gasteiger partial charge in [0.05, 0.1) is 11.5 Å². The molecule has 0 heterocycles. The Labute approximate surface area is 119 Å². The predicted molar refractivity (Wildman–Crippen MR) is 79.4 cm³/mol. The highest BCUT2D eigenvalue weighted by molar-refractivity contribution is 9.10. The van der Waals surface area contributed by atoms with E-state index in [-0.39, 0.29) is 10.8 Å². The van der Waals surface area contributed by atoms with Crippen molar-refractivity contribution in [1.29, 1.82) is 5.26 Å². The molecule has 0 fully saturated rings. The lowest BCUT2D eigenvalue weighted by Gasteiger charge is -2.27. The van der Waals surface area contributed by atoms with Crippen LogP contribution >= 0.6 is 15.9 Å². The summed E-state index contributed by atoms with van der Waals surface area (Å²) in [5.74, 6) is 0. The second-order valence-electron chi connectivity index (χ2n) is 5.99. The summed E-state index contributed by atoms with van der Waals surface area (Å²) in [6, 6.07) is 10.7. The Morgan fingerprint density at radius 1 is 1.22 bits per heavy atom. The maximum absolute atomic E-state index is 8.98. The van der Waals surface area contributed by atoms with Crippen LogP contribution in [0.15, 0.2) is 28.7 Å². The summed E-state index contributed by atoms with van der Waals surface area (Å²) in [5, 5.41) is 12.4. The Hall–Kier alpha value is -0.850. The first-order chi connectivity index (χ1) is 8.27. The zero-order valence-corrected chi connectivity index (χ0v) is 13.1. The van der Waals surface area contributed by atoms with Crippen molar-refractivity contribution in [3.8, 4) is 6.07 Å². The van der Waals surface area contributed by atoms with Gasteiger partial charge in [-0.15, -0.1) is 0 Å². The smallest absolute Gasteiger partial charge is 0.0697 e. The van der Waals surface area contributed by atoms with Crippen molar-refractivity contribution in [2.75, 3.05) is 13.1 Å². The maximum atomic E-state index is 8.98. The average Bonchev–Trinajstić information content (AvgIpc) is 2.28. The molecule has 0 bridgehead atoms. The van der Waals surface area contributed by atoms with E-state index in [1.54, 1.807) is 0 Å². The normalized spacial score (nSPS) is 12.2. The fourth-order valence-corrected chi connectivity index (χ4v) is 2.14. The minimum atomic E-state index is -0.312. The lowest BCUT2D eigenvalue weighted by Crippen LogP contribution is -2.37. The SMILES string of the molecule is CC(C)(C#N)CNCC(C)(C)c1cccc(Br)c1. The van der Waals surface area contributed by atoms with Crippen LogP contribution in [0.2, 0.25) is 0 Å². The van der Waals surface area contributed by atoms with Crippen LogP contribution < -0.4 is 5.32 Å². The molecule has 1 aromatic carbocycles. The molecule has 0 aliphatic carbocycles. The summed E-state index contributed by atoms with van der Waals surface area (Å²) in [7, 11) is 0. The number of nitrogens with zero attached hydrogens (tertiary/aromatic N) is 1. The third-order valence-corrected chi connectivity index (χ3v) is 3.54. The van der Waals surface area contributed by atoms with Crippen molar-refractivity contribution in [3.05, 3.63) is 34.3 Å². The summed E-state index contributed by atoms with van der Waals surface area (Å²) >= 11 is 3.50. The van der Waals surface area contributed by atoms with E-state index < -0.39 is 0 Å². The van der Waals surface area contributed by atoms with Gasteiger partial charge in [0.15, 0.2) is 0 Å². The third kappa shape index (κ3) is 4.44. The van der Waals surface area contributed by atoms with E-state index in [4.69, 9.17) is 5.26 Å². The molecule has 18 heavy (non-hydrogen) atoms. The number of rotatable bonds is 5. The van der Waals surface area contributed by atoms with Crippen LogP contribution in [0, 0.1) is 16.7 Å². The van der Waals surface area contributed by atoms with E-state index in [1.807, 2.05) is 19.9 Å². The van der Waals surface area contributed by atoms with Gasteiger partial charge in [0.2, 0.25) is 0 Å². The molecule has 0 aromatic heterocycles. The number of benzene rings is 1. The van der Waals surface area contributed by atoms with Crippen molar-refractivity contribution in [2.24, 2.45) is 5.41 Å². The molecular formula is C15H21BrN2. The highest BCUT2D eigenvalue weighted by Crippen LogP contribution is 2.25. The molecule has 0 radical (unpaired) electrons. The van der Waals surface area contributed by atoms with Crippen LogP contribution in [0.4, 0.5) is 0 Å². The van der Waals surface area contributed by atoms with E-state index in [2.05, 4.69) is 59.4 Å². The number of nitrogens with one attached hydrogen (secondary N) is 1. The van der Waals surface area contributed by atoms with Gasteiger partial charge in [-0.3, -0.25) is 0 Å². The van der Waals surface area contributed by atoms with Gasteiger partial charge in [-0.2, -0.15) is 5.26 Å². The lowest BCUT2D eigenvalue weighted by atomic mass is 9.84. The van der Waals surface area contributed by atoms with Crippen molar-refractivity contribution in [3.63, 3.8) is 0 Å². The van der Waals surface area contributed by atoms with Crippen LogP contribution in [-0.4, -0.2) is 13.1 Å². The van der Waals surface area contributed by atoms with Gasteiger partial charge in [0.25, 0.3) is 0 Å². The van der Waals surface area contributed by atoms with E-state index in [0.29, 0.717) is 6.54 Å². The lowest BCUT2D eigenvalue weighted by molar-refractivity contribution is 0.397. The first-order valence-electron chi connectivity index (χ1n) is 6.15. The molecular weight excluding hydrogens is 288 g/mol. The Bertz CT molecular complexity index is 444. The van der Waals surface area contributed by atoms with Gasteiger partial charge in [0.1, 0.15) is 0 Å². The number of nitriles is 1. The van der Waals surface area contributed by atoms with Gasteiger partial charge in [-0.05, 0) is 31.5 Å². The molecule has 0 saturated heterocycles. The second kappa shape index (κ2) is 5.86.